The Morgan fingerprint density at radius 1 is 0.966 bits per heavy atom. The number of methoxy groups -OCH3 is 4. The van der Waals surface area contributed by atoms with Gasteiger partial charge in [-0.15, -0.1) is 0 Å². The number of aryl methyl sites for hydroxylation is 1. The molecule has 0 saturated carbocycles. The van der Waals surface area contributed by atoms with Crippen molar-refractivity contribution in [2.75, 3.05) is 28.4 Å². The fourth-order valence-corrected chi connectivity index (χ4v) is 4.22. The third-order valence-electron chi connectivity index (χ3n) is 4.56. The summed E-state index contributed by atoms with van der Waals surface area (Å²) < 4.78 is 24.3. The third kappa shape index (κ3) is 4.22. The molecule has 2 aromatic carbocycles. The Morgan fingerprint density at radius 3 is 2.28 bits per heavy atom. The summed E-state index contributed by atoms with van der Waals surface area (Å²) in [6.07, 6.45) is 0.137. The van der Waals surface area contributed by atoms with Gasteiger partial charge in [0.05, 0.1) is 45.1 Å². The highest BCUT2D eigenvalue weighted by molar-refractivity contribution is 7.16. The Morgan fingerprint density at radius 2 is 1.66 bits per heavy atom. The lowest BCUT2D eigenvalue weighted by atomic mass is 10.1. The fraction of sp³-hybridized carbons (Fsp3) is 0.333. The molecule has 0 atom stereocenters. The van der Waals surface area contributed by atoms with Crippen molar-refractivity contribution in [3.05, 3.63) is 40.7 Å². The minimum Gasteiger partial charge on any atom is -0.497 e. The highest BCUT2D eigenvalue weighted by Crippen LogP contribution is 2.33. The standard InChI is InChI=1S/C21H24N2O5S/c1-6-23-15-11-17(27-4)18(28-5)12-19(15)29-21(23)22-20(24)9-13-7-8-14(25-2)10-16(13)26-3/h7-8,10-12H,6,9H2,1-5H3. The van der Waals surface area contributed by atoms with Gasteiger partial charge in [-0.25, -0.2) is 0 Å². The molecule has 0 fully saturated rings. The van der Waals surface area contributed by atoms with Gasteiger partial charge < -0.3 is 23.5 Å². The van der Waals surface area contributed by atoms with Crippen molar-refractivity contribution in [1.29, 1.82) is 0 Å². The van der Waals surface area contributed by atoms with E-state index in [4.69, 9.17) is 18.9 Å². The van der Waals surface area contributed by atoms with Crippen LogP contribution >= 0.6 is 11.3 Å². The highest BCUT2D eigenvalue weighted by Gasteiger charge is 2.14. The Bertz CT molecular complexity index is 1100. The number of aromatic nitrogens is 1. The molecule has 3 aromatic rings. The van der Waals surface area contributed by atoms with Gasteiger partial charge in [-0.3, -0.25) is 4.79 Å². The van der Waals surface area contributed by atoms with Gasteiger partial charge in [0.2, 0.25) is 0 Å². The van der Waals surface area contributed by atoms with Crippen LogP contribution in [-0.2, 0) is 17.8 Å². The van der Waals surface area contributed by atoms with E-state index in [2.05, 4.69) is 4.99 Å². The molecule has 0 bridgehead atoms. The second-order valence-corrected chi connectivity index (χ2v) is 7.17. The zero-order valence-corrected chi connectivity index (χ0v) is 18.0. The number of thiazole rings is 1. The zero-order valence-electron chi connectivity index (χ0n) is 17.1. The largest absolute Gasteiger partial charge is 0.497 e. The minimum absolute atomic E-state index is 0.137. The quantitative estimate of drug-likeness (QED) is 0.590. The number of hydrogen-bond acceptors (Lipinski definition) is 6. The Kier molecular flexibility index (Phi) is 6.43. The molecule has 0 unspecified atom stereocenters. The molecule has 1 amide bonds. The highest BCUT2D eigenvalue weighted by atomic mass is 32.1. The number of hydrogen-bond donors (Lipinski definition) is 0. The van der Waals surface area contributed by atoms with Crippen LogP contribution < -0.4 is 23.7 Å². The Hall–Kier alpha value is -3.00. The van der Waals surface area contributed by atoms with Gasteiger partial charge in [0.25, 0.3) is 5.91 Å². The van der Waals surface area contributed by atoms with E-state index < -0.39 is 0 Å². The van der Waals surface area contributed by atoms with E-state index in [9.17, 15) is 4.79 Å². The minimum atomic E-state index is -0.249. The van der Waals surface area contributed by atoms with Gasteiger partial charge in [0.1, 0.15) is 11.5 Å². The van der Waals surface area contributed by atoms with Crippen molar-refractivity contribution >= 4 is 27.5 Å². The van der Waals surface area contributed by atoms with Crippen molar-refractivity contribution in [1.82, 2.24) is 4.57 Å². The van der Waals surface area contributed by atoms with Crippen LogP contribution in [0, 0.1) is 0 Å². The third-order valence-corrected chi connectivity index (χ3v) is 5.60. The summed E-state index contributed by atoms with van der Waals surface area (Å²) in [5.41, 5.74) is 1.71. The molecule has 8 heteroatoms. The Labute approximate surface area is 173 Å². The molecular formula is C21H24N2O5S. The van der Waals surface area contributed by atoms with Crippen LogP contribution in [0.3, 0.4) is 0 Å². The molecule has 0 saturated heterocycles. The van der Waals surface area contributed by atoms with Gasteiger partial charge in [-0.2, -0.15) is 4.99 Å². The summed E-state index contributed by atoms with van der Waals surface area (Å²) in [5.74, 6) is 2.31. The normalized spacial score (nSPS) is 11.6. The molecule has 154 valence electrons. The van der Waals surface area contributed by atoms with Crippen molar-refractivity contribution < 1.29 is 23.7 Å². The second kappa shape index (κ2) is 9.00. The summed E-state index contributed by atoms with van der Waals surface area (Å²) in [6.45, 7) is 2.69. The maximum atomic E-state index is 12.7. The van der Waals surface area contributed by atoms with E-state index in [-0.39, 0.29) is 12.3 Å². The van der Waals surface area contributed by atoms with E-state index >= 15 is 0 Å². The first-order chi connectivity index (χ1) is 14.0. The number of rotatable bonds is 7. The SMILES string of the molecule is CCn1c(=NC(=O)Cc2ccc(OC)cc2OC)sc2cc(OC)c(OC)cc21. The van der Waals surface area contributed by atoms with Crippen molar-refractivity contribution in [2.45, 2.75) is 19.9 Å². The van der Waals surface area contributed by atoms with Crippen molar-refractivity contribution in [2.24, 2.45) is 4.99 Å². The van der Waals surface area contributed by atoms with E-state index in [1.165, 1.54) is 11.3 Å². The van der Waals surface area contributed by atoms with Crippen LogP contribution in [0.2, 0.25) is 0 Å². The van der Waals surface area contributed by atoms with Crippen LogP contribution in [0.15, 0.2) is 35.3 Å². The van der Waals surface area contributed by atoms with E-state index in [0.29, 0.717) is 34.3 Å². The van der Waals surface area contributed by atoms with E-state index in [1.54, 1.807) is 40.6 Å². The summed E-state index contributed by atoms with van der Waals surface area (Å²) >= 11 is 1.44. The topological polar surface area (TPSA) is 71.3 Å². The monoisotopic (exact) mass is 416 g/mol. The van der Waals surface area contributed by atoms with Gasteiger partial charge >= 0.3 is 0 Å². The lowest BCUT2D eigenvalue weighted by Gasteiger charge is -2.09. The smallest absolute Gasteiger partial charge is 0.252 e. The molecule has 0 spiro atoms. The predicted octanol–water partition coefficient (Wildman–Crippen LogP) is 3.43. The summed E-state index contributed by atoms with van der Waals surface area (Å²) in [4.78, 5) is 17.7. The van der Waals surface area contributed by atoms with Crippen molar-refractivity contribution in [3.8, 4) is 23.0 Å². The molecule has 7 nitrogen and oxygen atoms in total. The number of carbonyl (C=O) groups is 1. The molecule has 1 heterocycles. The maximum absolute atomic E-state index is 12.7. The average Bonchev–Trinajstić information content (AvgIpc) is 3.08. The lowest BCUT2D eigenvalue weighted by Crippen LogP contribution is -2.16. The molecule has 0 aliphatic rings. The molecule has 29 heavy (non-hydrogen) atoms. The summed E-state index contributed by atoms with van der Waals surface area (Å²) in [7, 11) is 6.35. The number of nitrogens with zero attached hydrogens (tertiary/aromatic N) is 2. The number of fused-ring (bicyclic) bond motifs is 1. The van der Waals surface area contributed by atoms with Crippen molar-refractivity contribution in [3.63, 3.8) is 0 Å². The Balaban J connectivity index is 2.00. The maximum Gasteiger partial charge on any atom is 0.252 e. The van der Waals surface area contributed by atoms with Gasteiger partial charge in [-0.05, 0) is 13.0 Å². The van der Waals surface area contributed by atoms with Gasteiger partial charge in [0.15, 0.2) is 16.3 Å². The van der Waals surface area contributed by atoms with Crippen LogP contribution in [0.25, 0.3) is 10.2 Å². The first-order valence-electron chi connectivity index (χ1n) is 9.08. The first-order valence-corrected chi connectivity index (χ1v) is 9.90. The molecular weight excluding hydrogens is 392 g/mol. The average molecular weight is 416 g/mol. The zero-order chi connectivity index (χ0) is 21.0. The predicted molar refractivity (Wildman–Crippen MR) is 112 cm³/mol. The van der Waals surface area contributed by atoms with Gasteiger partial charge in [0, 0.05) is 30.3 Å². The molecule has 0 aliphatic carbocycles. The number of amides is 1. The fourth-order valence-electron chi connectivity index (χ4n) is 3.09. The number of benzene rings is 2. The molecule has 0 radical (unpaired) electrons. The van der Waals surface area contributed by atoms with Crippen LogP contribution in [0.4, 0.5) is 0 Å². The van der Waals surface area contributed by atoms with Gasteiger partial charge in [-0.1, -0.05) is 17.4 Å². The summed E-state index contributed by atoms with van der Waals surface area (Å²) in [6, 6.07) is 9.19. The number of carbonyl (C=O) groups excluding carboxylic acids is 1. The molecule has 3 rings (SSSR count). The summed E-state index contributed by atoms with van der Waals surface area (Å²) in [5, 5.41) is 0. The molecule has 0 aliphatic heterocycles. The molecule has 0 N–H and O–H groups in total. The van der Waals surface area contributed by atoms with Crippen LogP contribution in [-0.4, -0.2) is 38.9 Å². The van der Waals surface area contributed by atoms with E-state index in [1.807, 2.05) is 29.7 Å². The number of ether oxygens (including phenoxy) is 4. The van der Waals surface area contributed by atoms with Crippen LogP contribution in [0.5, 0.6) is 23.0 Å². The van der Waals surface area contributed by atoms with Crippen LogP contribution in [0.1, 0.15) is 12.5 Å². The lowest BCUT2D eigenvalue weighted by molar-refractivity contribution is -0.117. The first kappa shape index (κ1) is 20.7. The van der Waals surface area contributed by atoms with E-state index in [0.717, 1.165) is 15.8 Å². The second-order valence-electron chi connectivity index (χ2n) is 6.16. The molecule has 1 aromatic heterocycles.